The van der Waals surface area contributed by atoms with E-state index in [4.69, 9.17) is 5.73 Å². The normalized spacial score (nSPS) is 13.7. The minimum atomic E-state index is -1.11. The summed E-state index contributed by atoms with van der Waals surface area (Å²) in [5.41, 5.74) is 9.14. The minimum Gasteiger partial charge on any atom is -0.372 e. The van der Waals surface area contributed by atoms with Gasteiger partial charge >= 0.3 is 0 Å². The zero-order valence-corrected chi connectivity index (χ0v) is 20.8. The predicted octanol–water partition coefficient (Wildman–Crippen LogP) is 2.93. The molecule has 0 bridgehead atoms. The largest absolute Gasteiger partial charge is 0.372 e. The smallest absolute Gasteiger partial charge is 0.287 e. The predicted molar refractivity (Wildman–Crippen MR) is 144 cm³/mol. The van der Waals surface area contributed by atoms with Crippen molar-refractivity contribution in [1.82, 2.24) is 20.1 Å². The molecule has 0 aliphatic carbocycles. The van der Waals surface area contributed by atoms with Crippen molar-refractivity contribution in [1.29, 1.82) is 0 Å². The Balaban J connectivity index is 1.37. The first-order valence-electron chi connectivity index (χ1n) is 12.5. The molecule has 0 radical (unpaired) electrons. The maximum Gasteiger partial charge on any atom is 0.287 e. The van der Waals surface area contributed by atoms with Crippen LogP contribution in [0.5, 0.6) is 0 Å². The number of Topliss-reactive ketones (excluding diaryl/α,β-unsaturated/α-hetero) is 1. The highest BCUT2D eigenvalue weighted by Gasteiger charge is 2.27. The summed E-state index contributed by atoms with van der Waals surface area (Å²) in [6.45, 7) is 2.16. The van der Waals surface area contributed by atoms with E-state index >= 15 is 0 Å². The lowest BCUT2D eigenvalue weighted by Gasteiger charge is -2.17. The van der Waals surface area contributed by atoms with Crippen LogP contribution in [0.2, 0.25) is 0 Å². The van der Waals surface area contributed by atoms with Gasteiger partial charge in [0.2, 0.25) is 5.78 Å². The maximum atomic E-state index is 13.3. The SMILES string of the molecule is NC(=O)C(=O)C(Cc1ccccc1)NC(=O)c1cccnc1-n1ccc(-c2ccc(N3CCCC3)cc2)n1. The van der Waals surface area contributed by atoms with E-state index in [0.29, 0.717) is 5.82 Å². The molecule has 5 rings (SSSR count). The molecule has 2 amide bonds. The molecule has 2 aromatic carbocycles. The lowest BCUT2D eigenvalue weighted by atomic mass is 10.0. The van der Waals surface area contributed by atoms with Gasteiger partial charge in [0, 0.05) is 43.2 Å². The first kappa shape index (κ1) is 24.9. The molecular weight excluding hydrogens is 480 g/mol. The Morgan fingerprint density at radius 1 is 0.921 bits per heavy atom. The Morgan fingerprint density at radius 3 is 2.37 bits per heavy atom. The van der Waals surface area contributed by atoms with Crippen molar-refractivity contribution < 1.29 is 14.4 Å². The second-order valence-electron chi connectivity index (χ2n) is 9.21. The van der Waals surface area contributed by atoms with Crippen LogP contribution in [-0.4, -0.2) is 51.5 Å². The van der Waals surface area contributed by atoms with Gasteiger partial charge in [0.25, 0.3) is 11.8 Å². The Kier molecular flexibility index (Phi) is 7.26. The molecule has 2 aromatic heterocycles. The number of nitrogens with zero attached hydrogens (tertiary/aromatic N) is 4. The van der Waals surface area contributed by atoms with Crippen LogP contribution in [0, 0.1) is 0 Å². The van der Waals surface area contributed by atoms with Gasteiger partial charge in [-0.25, -0.2) is 9.67 Å². The Morgan fingerprint density at radius 2 is 1.66 bits per heavy atom. The van der Waals surface area contributed by atoms with Crippen molar-refractivity contribution in [3.05, 3.63) is 96.3 Å². The number of carbonyl (C=O) groups is 3. The third kappa shape index (κ3) is 5.46. The molecular formula is C29H28N6O3. The van der Waals surface area contributed by atoms with Crippen molar-refractivity contribution >= 4 is 23.3 Å². The van der Waals surface area contributed by atoms with Crippen LogP contribution in [0.3, 0.4) is 0 Å². The molecule has 38 heavy (non-hydrogen) atoms. The van der Waals surface area contributed by atoms with Crippen molar-refractivity contribution in [3.8, 4) is 17.1 Å². The van der Waals surface area contributed by atoms with Crippen LogP contribution in [0.4, 0.5) is 5.69 Å². The van der Waals surface area contributed by atoms with Crippen LogP contribution in [-0.2, 0) is 16.0 Å². The highest BCUT2D eigenvalue weighted by Crippen LogP contribution is 2.25. The van der Waals surface area contributed by atoms with E-state index in [1.807, 2.05) is 48.5 Å². The van der Waals surface area contributed by atoms with Gasteiger partial charge in [-0.1, -0.05) is 42.5 Å². The quantitative estimate of drug-likeness (QED) is 0.335. The molecule has 1 fully saturated rings. The maximum absolute atomic E-state index is 13.3. The molecule has 1 aliphatic rings. The fourth-order valence-electron chi connectivity index (χ4n) is 4.64. The number of anilines is 1. The van der Waals surface area contributed by atoms with Gasteiger partial charge in [0.1, 0.15) is 6.04 Å². The first-order chi connectivity index (χ1) is 18.5. The number of hydrogen-bond donors (Lipinski definition) is 2. The summed E-state index contributed by atoms with van der Waals surface area (Å²) in [7, 11) is 0. The fourth-order valence-corrected chi connectivity index (χ4v) is 4.64. The number of benzene rings is 2. The van der Waals surface area contributed by atoms with Gasteiger partial charge < -0.3 is 16.0 Å². The number of primary amides is 1. The lowest BCUT2D eigenvalue weighted by molar-refractivity contribution is -0.137. The molecule has 3 N–H and O–H groups in total. The summed E-state index contributed by atoms with van der Waals surface area (Å²) in [6, 6.07) is 21.3. The van der Waals surface area contributed by atoms with Crippen molar-refractivity contribution in [2.45, 2.75) is 25.3 Å². The molecule has 9 nitrogen and oxygen atoms in total. The summed E-state index contributed by atoms with van der Waals surface area (Å²) in [4.78, 5) is 44.2. The Labute approximate surface area is 220 Å². The van der Waals surface area contributed by atoms with Gasteiger partial charge in [0.15, 0.2) is 5.82 Å². The number of carbonyl (C=O) groups excluding carboxylic acids is 3. The summed E-state index contributed by atoms with van der Waals surface area (Å²) < 4.78 is 1.53. The number of amides is 2. The fraction of sp³-hybridized carbons (Fsp3) is 0.207. The Hall–Kier alpha value is -4.79. The summed E-state index contributed by atoms with van der Waals surface area (Å²) in [6.07, 6.45) is 5.86. The molecule has 1 unspecified atom stereocenters. The van der Waals surface area contributed by atoms with E-state index in [2.05, 4.69) is 32.4 Å². The van der Waals surface area contributed by atoms with Crippen molar-refractivity contribution in [2.24, 2.45) is 5.73 Å². The summed E-state index contributed by atoms with van der Waals surface area (Å²) in [5, 5.41) is 7.32. The molecule has 0 saturated carbocycles. The van der Waals surface area contributed by atoms with Crippen LogP contribution in [0.25, 0.3) is 17.1 Å². The van der Waals surface area contributed by atoms with Crippen molar-refractivity contribution in [2.75, 3.05) is 18.0 Å². The van der Waals surface area contributed by atoms with Crippen LogP contribution < -0.4 is 16.0 Å². The zero-order chi connectivity index (χ0) is 26.5. The van der Waals surface area contributed by atoms with Gasteiger partial charge in [-0.2, -0.15) is 5.10 Å². The molecule has 0 spiro atoms. The number of pyridine rings is 1. The van der Waals surface area contributed by atoms with Gasteiger partial charge in [-0.3, -0.25) is 14.4 Å². The number of nitrogens with two attached hydrogens (primary N) is 1. The van der Waals surface area contributed by atoms with E-state index in [0.717, 1.165) is 29.9 Å². The third-order valence-corrected chi connectivity index (χ3v) is 6.62. The van der Waals surface area contributed by atoms with Crippen LogP contribution in [0.1, 0.15) is 28.8 Å². The molecule has 4 aromatic rings. The second kappa shape index (κ2) is 11.1. The van der Waals surface area contributed by atoms with E-state index in [1.165, 1.54) is 23.2 Å². The number of rotatable bonds is 9. The lowest BCUT2D eigenvalue weighted by Crippen LogP contribution is -2.47. The van der Waals surface area contributed by atoms with Gasteiger partial charge in [0.05, 0.1) is 11.3 Å². The van der Waals surface area contributed by atoms with E-state index in [9.17, 15) is 14.4 Å². The van der Waals surface area contributed by atoms with E-state index < -0.39 is 23.6 Å². The summed E-state index contributed by atoms with van der Waals surface area (Å²) in [5.74, 6) is -2.23. The molecule has 1 saturated heterocycles. The molecule has 3 heterocycles. The van der Waals surface area contributed by atoms with Crippen LogP contribution >= 0.6 is 0 Å². The third-order valence-electron chi connectivity index (χ3n) is 6.62. The average Bonchev–Trinajstić information content (AvgIpc) is 3.66. The standard InChI is InChI=1S/C29H28N6O3/c30-27(37)26(36)25(19-20-7-2-1-3-8-20)32-29(38)23-9-6-15-31-28(23)35-18-14-24(33-35)21-10-12-22(13-11-21)34-16-4-5-17-34/h1-3,6-15,18,25H,4-5,16-17,19H2,(H2,30,37)(H,32,38). The number of hydrogen-bond acceptors (Lipinski definition) is 6. The monoisotopic (exact) mass is 508 g/mol. The molecule has 1 aliphatic heterocycles. The van der Waals surface area contributed by atoms with E-state index in [-0.39, 0.29) is 12.0 Å². The highest BCUT2D eigenvalue weighted by molar-refractivity contribution is 6.38. The molecule has 192 valence electrons. The molecule has 9 heteroatoms. The number of ketones is 1. The first-order valence-corrected chi connectivity index (χ1v) is 12.5. The van der Waals surface area contributed by atoms with E-state index in [1.54, 1.807) is 24.5 Å². The minimum absolute atomic E-state index is 0.128. The number of nitrogens with one attached hydrogen (secondary N) is 1. The molecule has 1 atom stereocenters. The average molecular weight is 509 g/mol. The van der Waals surface area contributed by atoms with Gasteiger partial charge in [-0.05, 0) is 48.7 Å². The Bertz CT molecular complexity index is 1440. The van der Waals surface area contributed by atoms with Crippen LogP contribution in [0.15, 0.2) is 85.2 Å². The highest BCUT2D eigenvalue weighted by atomic mass is 16.2. The van der Waals surface area contributed by atoms with Crippen molar-refractivity contribution in [3.63, 3.8) is 0 Å². The number of aromatic nitrogens is 3. The topological polar surface area (TPSA) is 123 Å². The second-order valence-corrected chi connectivity index (χ2v) is 9.21. The summed E-state index contributed by atoms with van der Waals surface area (Å²) >= 11 is 0. The zero-order valence-electron chi connectivity index (χ0n) is 20.8. The van der Waals surface area contributed by atoms with Gasteiger partial charge in [-0.15, -0.1) is 0 Å².